The summed E-state index contributed by atoms with van der Waals surface area (Å²) in [6.07, 6.45) is 5.50. The predicted octanol–water partition coefficient (Wildman–Crippen LogP) is 3.62. The van der Waals surface area contributed by atoms with Crippen molar-refractivity contribution in [2.24, 2.45) is 0 Å². The maximum Gasteiger partial charge on any atom is 0.251 e. The van der Waals surface area contributed by atoms with E-state index in [0.717, 1.165) is 55.2 Å². The highest BCUT2D eigenvalue weighted by Crippen LogP contribution is 2.31. The zero-order chi connectivity index (χ0) is 21.6. The topological polar surface area (TPSA) is 80.3 Å². The normalized spacial score (nSPS) is 16.8. The maximum absolute atomic E-state index is 12.3. The molecule has 31 heavy (non-hydrogen) atoms. The van der Waals surface area contributed by atoms with Gasteiger partial charge in [-0.15, -0.1) is 0 Å². The van der Waals surface area contributed by atoms with Gasteiger partial charge in [-0.3, -0.25) is 14.7 Å². The fraction of sp³-hybridized carbons (Fsp3) is 0.375. The molecule has 2 aromatic heterocycles. The summed E-state index contributed by atoms with van der Waals surface area (Å²) in [5, 5.41) is 0. The molecule has 1 aromatic carbocycles. The average Bonchev–Trinajstić information content (AvgIpc) is 2.80. The van der Waals surface area contributed by atoms with Crippen molar-refractivity contribution >= 4 is 0 Å². The number of pyridine rings is 1. The molecule has 0 saturated carbocycles. The Labute approximate surface area is 182 Å². The summed E-state index contributed by atoms with van der Waals surface area (Å²) in [7, 11) is 1.65. The highest BCUT2D eigenvalue weighted by molar-refractivity contribution is 5.53. The Kier molecular flexibility index (Phi) is 6.62. The summed E-state index contributed by atoms with van der Waals surface area (Å²) in [4.78, 5) is 26.4. The first-order valence-electron chi connectivity index (χ1n) is 10.7. The third kappa shape index (κ3) is 5.11. The van der Waals surface area contributed by atoms with Crippen LogP contribution in [0.25, 0.3) is 11.4 Å². The molecule has 162 valence electrons. The van der Waals surface area contributed by atoms with Crippen molar-refractivity contribution in [3.63, 3.8) is 0 Å². The van der Waals surface area contributed by atoms with E-state index in [9.17, 15) is 4.79 Å². The highest BCUT2D eigenvalue weighted by atomic mass is 16.5. The summed E-state index contributed by atoms with van der Waals surface area (Å²) in [5.74, 6) is 2.34. The number of piperidine rings is 1. The molecule has 0 aliphatic carbocycles. The Morgan fingerprint density at radius 2 is 2.00 bits per heavy atom. The Balaban J connectivity index is 1.51. The van der Waals surface area contributed by atoms with Crippen LogP contribution in [0.15, 0.2) is 53.6 Å². The second kappa shape index (κ2) is 9.75. The minimum atomic E-state index is -0.120. The number of hydrogen-bond acceptors (Lipinski definition) is 6. The van der Waals surface area contributed by atoms with Gasteiger partial charge in [-0.05, 0) is 56.1 Å². The van der Waals surface area contributed by atoms with E-state index in [1.54, 1.807) is 25.6 Å². The lowest BCUT2D eigenvalue weighted by molar-refractivity contribution is 0.198. The van der Waals surface area contributed by atoms with Crippen LogP contribution in [0.1, 0.15) is 36.9 Å². The number of aromatic amines is 1. The number of rotatable bonds is 7. The van der Waals surface area contributed by atoms with Gasteiger partial charge in [-0.1, -0.05) is 6.07 Å². The second-order valence-corrected chi connectivity index (χ2v) is 7.75. The molecule has 1 atom stereocenters. The van der Waals surface area contributed by atoms with Gasteiger partial charge < -0.3 is 14.5 Å². The van der Waals surface area contributed by atoms with Gasteiger partial charge >= 0.3 is 0 Å². The van der Waals surface area contributed by atoms with Crippen LogP contribution in [0, 0.1) is 0 Å². The van der Waals surface area contributed by atoms with Crippen molar-refractivity contribution in [3.8, 4) is 22.9 Å². The van der Waals surface area contributed by atoms with E-state index in [2.05, 4.69) is 27.0 Å². The number of H-pyrrole nitrogens is 1. The highest BCUT2D eigenvalue weighted by Gasteiger charge is 2.24. The number of benzene rings is 1. The van der Waals surface area contributed by atoms with Crippen molar-refractivity contribution in [1.82, 2.24) is 19.9 Å². The van der Waals surface area contributed by atoms with E-state index in [4.69, 9.17) is 14.5 Å². The number of likely N-dealkylation sites (tertiary alicyclic amines) is 1. The van der Waals surface area contributed by atoms with Crippen molar-refractivity contribution in [3.05, 3.63) is 70.4 Å². The largest absolute Gasteiger partial charge is 0.493 e. The molecule has 0 radical (unpaired) electrons. The first kappa shape index (κ1) is 21.1. The lowest BCUT2D eigenvalue weighted by Crippen LogP contribution is -2.34. The monoisotopic (exact) mass is 420 g/mol. The molecule has 1 N–H and O–H groups in total. The molecule has 1 saturated heterocycles. The first-order valence-corrected chi connectivity index (χ1v) is 10.7. The summed E-state index contributed by atoms with van der Waals surface area (Å²) < 4.78 is 11.1. The van der Waals surface area contributed by atoms with Crippen LogP contribution in [-0.2, 0) is 6.54 Å². The summed E-state index contributed by atoms with van der Waals surface area (Å²) in [6.45, 7) is 5.27. The number of nitrogens with zero attached hydrogens (tertiary/aromatic N) is 3. The average molecular weight is 421 g/mol. The number of hydrogen-bond donors (Lipinski definition) is 1. The predicted molar refractivity (Wildman–Crippen MR) is 120 cm³/mol. The molecular formula is C24H28N4O3. The first-order chi connectivity index (χ1) is 15.2. The Hall–Kier alpha value is -3.19. The molecule has 0 bridgehead atoms. The molecule has 7 nitrogen and oxygen atoms in total. The minimum absolute atomic E-state index is 0.120. The van der Waals surface area contributed by atoms with Crippen LogP contribution in [0.4, 0.5) is 0 Å². The number of ether oxygens (including phenoxy) is 2. The molecule has 1 unspecified atom stereocenters. The van der Waals surface area contributed by atoms with E-state index >= 15 is 0 Å². The van der Waals surface area contributed by atoms with E-state index in [1.807, 2.05) is 25.1 Å². The standard InChI is InChI=1S/C24H28N4O3/c1-3-31-22-13-17(6-7-21(22)30-2)15-28-12-4-5-19(16-28)20-14-23(29)27-24(26-20)18-8-10-25-11-9-18/h6-11,13-14,19H,3-5,12,15-16H2,1-2H3,(H,26,27,29). The fourth-order valence-corrected chi connectivity index (χ4v) is 4.12. The number of aromatic nitrogens is 3. The second-order valence-electron chi connectivity index (χ2n) is 7.75. The van der Waals surface area contributed by atoms with E-state index < -0.39 is 0 Å². The van der Waals surface area contributed by atoms with Gasteiger partial charge in [0.15, 0.2) is 11.5 Å². The maximum atomic E-state index is 12.3. The number of methoxy groups -OCH3 is 1. The van der Waals surface area contributed by atoms with E-state index in [0.29, 0.717) is 12.4 Å². The van der Waals surface area contributed by atoms with Gasteiger partial charge in [0.25, 0.3) is 5.56 Å². The van der Waals surface area contributed by atoms with Gasteiger partial charge in [0.1, 0.15) is 5.82 Å². The Morgan fingerprint density at radius 3 is 2.77 bits per heavy atom. The van der Waals surface area contributed by atoms with Crippen LogP contribution in [0.3, 0.4) is 0 Å². The number of nitrogens with one attached hydrogen (secondary N) is 1. The Morgan fingerprint density at radius 1 is 1.16 bits per heavy atom. The SMILES string of the molecule is CCOc1cc(CN2CCCC(c3cc(=O)[nH]c(-c4ccncc4)n3)C2)ccc1OC. The molecule has 7 heteroatoms. The van der Waals surface area contributed by atoms with E-state index in [1.165, 1.54) is 5.56 Å². The van der Waals surface area contributed by atoms with Crippen molar-refractivity contribution in [1.29, 1.82) is 0 Å². The van der Waals surface area contributed by atoms with Gasteiger partial charge in [-0.2, -0.15) is 0 Å². The van der Waals surface area contributed by atoms with Crippen LogP contribution in [0.5, 0.6) is 11.5 Å². The fourth-order valence-electron chi connectivity index (χ4n) is 4.12. The van der Waals surface area contributed by atoms with E-state index in [-0.39, 0.29) is 11.5 Å². The van der Waals surface area contributed by atoms with Crippen molar-refractivity contribution < 1.29 is 9.47 Å². The quantitative estimate of drug-likeness (QED) is 0.629. The Bertz CT molecular complexity index is 1070. The molecule has 0 spiro atoms. The molecular weight excluding hydrogens is 392 g/mol. The lowest BCUT2D eigenvalue weighted by atomic mass is 9.94. The summed E-state index contributed by atoms with van der Waals surface area (Å²) in [6, 6.07) is 11.4. The van der Waals surface area contributed by atoms with Crippen LogP contribution >= 0.6 is 0 Å². The summed E-state index contributed by atoms with van der Waals surface area (Å²) >= 11 is 0. The smallest absolute Gasteiger partial charge is 0.251 e. The molecule has 1 fully saturated rings. The van der Waals surface area contributed by atoms with Gasteiger partial charge in [-0.25, -0.2) is 4.98 Å². The van der Waals surface area contributed by atoms with Crippen molar-refractivity contribution in [2.75, 3.05) is 26.8 Å². The van der Waals surface area contributed by atoms with Gasteiger partial charge in [0.05, 0.1) is 19.4 Å². The molecule has 0 amide bonds. The summed E-state index contributed by atoms with van der Waals surface area (Å²) in [5.41, 5.74) is 2.78. The zero-order valence-electron chi connectivity index (χ0n) is 18.0. The molecule has 3 aromatic rings. The molecule has 1 aliphatic heterocycles. The van der Waals surface area contributed by atoms with Crippen molar-refractivity contribution in [2.45, 2.75) is 32.2 Å². The third-order valence-corrected chi connectivity index (χ3v) is 5.57. The van der Waals surface area contributed by atoms with Gasteiger partial charge in [0, 0.05) is 43.0 Å². The van der Waals surface area contributed by atoms with Crippen LogP contribution < -0.4 is 15.0 Å². The molecule has 4 rings (SSSR count). The van der Waals surface area contributed by atoms with Gasteiger partial charge in [0.2, 0.25) is 0 Å². The third-order valence-electron chi connectivity index (χ3n) is 5.57. The van der Waals surface area contributed by atoms with Crippen LogP contribution in [0.2, 0.25) is 0 Å². The molecule has 3 heterocycles. The molecule has 1 aliphatic rings. The zero-order valence-corrected chi connectivity index (χ0v) is 18.0. The lowest BCUT2D eigenvalue weighted by Gasteiger charge is -2.32. The van der Waals surface area contributed by atoms with Crippen LogP contribution in [-0.4, -0.2) is 46.7 Å². The minimum Gasteiger partial charge on any atom is -0.493 e.